The van der Waals surface area contributed by atoms with Crippen LogP contribution >= 0.6 is 0 Å². The van der Waals surface area contributed by atoms with Gasteiger partial charge in [-0.05, 0) is 37.3 Å². The van der Waals surface area contributed by atoms with Gasteiger partial charge in [-0.15, -0.1) is 0 Å². The molecule has 9 nitrogen and oxygen atoms in total. The van der Waals surface area contributed by atoms with Crippen LogP contribution in [0.5, 0.6) is 0 Å². The zero-order chi connectivity index (χ0) is 24.3. The van der Waals surface area contributed by atoms with Crippen LogP contribution in [-0.4, -0.2) is 33.2 Å². The Labute approximate surface area is 182 Å². The summed E-state index contributed by atoms with van der Waals surface area (Å²) >= 11 is 0. The van der Waals surface area contributed by atoms with E-state index in [1.165, 1.54) is 6.92 Å². The lowest BCUT2D eigenvalue weighted by Gasteiger charge is -2.13. The zero-order valence-corrected chi connectivity index (χ0v) is 16.7. The highest BCUT2D eigenvalue weighted by Crippen LogP contribution is 2.34. The molecule has 172 valence electrons. The van der Waals surface area contributed by atoms with E-state index in [4.69, 9.17) is 0 Å². The molecule has 3 aromatic rings. The number of non-ortho nitro benzene ring substituents is 1. The highest BCUT2D eigenvalue weighted by atomic mass is 19.4. The summed E-state index contributed by atoms with van der Waals surface area (Å²) in [6, 6.07) is 7.13. The minimum atomic E-state index is -4.94. The normalized spacial score (nSPS) is 11.2. The van der Waals surface area contributed by atoms with Gasteiger partial charge in [-0.2, -0.15) is 18.3 Å². The number of hydrogen-bond donors (Lipinski definition) is 1. The first-order valence-electron chi connectivity index (χ1n) is 9.21. The highest BCUT2D eigenvalue weighted by Gasteiger charge is 2.41. The maximum Gasteiger partial charge on any atom is 0.434 e. The van der Waals surface area contributed by atoms with Crippen LogP contribution < -0.4 is 5.32 Å². The molecule has 0 spiro atoms. The number of aromatic nitrogens is 2. The van der Waals surface area contributed by atoms with Crippen molar-refractivity contribution in [3.05, 3.63) is 81.4 Å². The van der Waals surface area contributed by atoms with E-state index in [0.717, 1.165) is 48.7 Å². The first-order chi connectivity index (χ1) is 15.5. The molecule has 0 saturated heterocycles. The number of nitro benzene ring substituents is 1. The van der Waals surface area contributed by atoms with Gasteiger partial charge in [0.05, 0.1) is 29.1 Å². The van der Waals surface area contributed by atoms with E-state index in [-0.39, 0.29) is 17.9 Å². The van der Waals surface area contributed by atoms with Crippen molar-refractivity contribution in [1.82, 2.24) is 9.78 Å². The minimum Gasteiger partial charge on any atom is -0.462 e. The molecule has 1 aromatic heterocycles. The molecule has 0 unspecified atom stereocenters. The summed E-state index contributed by atoms with van der Waals surface area (Å²) in [5, 5.41) is 16.6. The van der Waals surface area contributed by atoms with Gasteiger partial charge in [0.15, 0.2) is 5.69 Å². The molecule has 13 heteroatoms. The number of carbonyl (C=O) groups is 2. The van der Waals surface area contributed by atoms with Crippen molar-refractivity contribution in [1.29, 1.82) is 0 Å². The summed E-state index contributed by atoms with van der Waals surface area (Å²) in [5.74, 6) is -2.96. The number of nitro groups is 1. The maximum atomic E-state index is 13.9. The number of benzene rings is 2. The van der Waals surface area contributed by atoms with Crippen LogP contribution in [0.4, 0.5) is 28.9 Å². The third-order valence-electron chi connectivity index (χ3n) is 4.32. The number of halogens is 4. The fourth-order valence-electron chi connectivity index (χ4n) is 2.85. The van der Waals surface area contributed by atoms with Crippen molar-refractivity contribution in [3.8, 4) is 5.69 Å². The van der Waals surface area contributed by atoms with Gasteiger partial charge in [-0.3, -0.25) is 14.9 Å². The summed E-state index contributed by atoms with van der Waals surface area (Å²) in [4.78, 5) is 34.3. The number of anilines is 1. The Morgan fingerprint density at radius 1 is 1.18 bits per heavy atom. The number of esters is 1. The monoisotopic (exact) mass is 466 g/mol. The van der Waals surface area contributed by atoms with Crippen molar-refractivity contribution < 1.29 is 36.8 Å². The van der Waals surface area contributed by atoms with Crippen molar-refractivity contribution in [3.63, 3.8) is 0 Å². The van der Waals surface area contributed by atoms with Gasteiger partial charge in [0, 0.05) is 17.7 Å². The maximum absolute atomic E-state index is 13.9. The number of rotatable bonds is 6. The lowest BCUT2D eigenvalue weighted by atomic mass is 10.1. The van der Waals surface area contributed by atoms with Gasteiger partial charge in [0.1, 0.15) is 11.4 Å². The van der Waals surface area contributed by atoms with Gasteiger partial charge >= 0.3 is 12.1 Å². The first-order valence-corrected chi connectivity index (χ1v) is 9.21. The van der Waals surface area contributed by atoms with Crippen LogP contribution in [0.25, 0.3) is 5.69 Å². The lowest BCUT2D eigenvalue weighted by Crippen LogP contribution is -2.18. The third-order valence-corrected chi connectivity index (χ3v) is 4.32. The first kappa shape index (κ1) is 23.4. The Hall–Kier alpha value is -4.29. The van der Waals surface area contributed by atoms with E-state index in [1.54, 1.807) is 0 Å². The Bertz CT molecular complexity index is 1220. The average Bonchev–Trinajstić information content (AvgIpc) is 3.21. The predicted molar refractivity (Wildman–Crippen MR) is 106 cm³/mol. The van der Waals surface area contributed by atoms with E-state index in [9.17, 15) is 37.3 Å². The topological polar surface area (TPSA) is 116 Å². The van der Waals surface area contributed by atoms with E-state index in [0.29, 0.717) is 4.68 Å². The average molecular weight is 466 g/mol. The summed E-state index contributed by atoms with van der Waals surface area (Å²) in [5.41, 5.74) is -3.20. The molecule has 0 radical (unpaired) electrons. The molecule has 0 bridgehead atoms. The summed E-state index contributed by atoms with van der Waals surface area (Å²) < 4.78 is 59.8. The number of ether oxygens (including phenoxy) is 1. The van der Waals surface area contributed by atoms with Gasteiger partial charge in [0.25, 0.3) is 11.6 Å². The van der Waals surface area contributed by atoms with E-state index in [1.807, 2.05) is 0 Å². The van der Waals surface area contributed by atoms with Crippen molar-refractivity contribution >= 4 is 23.3 Å². The minimum absolute atomic E-state index is 0.0732. The van der Waals surface area contributed by atoms with Gasteiger partial charge in [0.2, 0.25) is 0 Å². The highest BCUT2D eigenvalue weighted by molar-refractivity contribution is 6.04. The van der Waals surface area contributed by atoms with Crippen molar-refractivity contribution in [2.45, 2.75) is 13.1 Å². The SMILES string of the molecule is CCOC(=O)c1cnn(-c2ccc(C(=O)Nc3cc([N+](=O)[O-])ccc3F)cc2)c1C(F)(F)F. The Balaban J connectivity index is 1.89. The molecule has 0 aliphatic rings. The van der Waals surface area contributed by atoms with E-state index in [2.05, 4.69) is 15.2 Å². The fourth-order valence-corrected chi connectivity index (χ4v) is 2.85. The molecular weight excluding hydrogens is 452 g/mol. The Morgan fingerprint density at radius 3 is 2.42 bits per heavy atom. The smallest absolute Gasteiger partial charge is 0.434 e. The molecule has 2 aromatic carbocycles. The van der Waals surface area contributed by atoms with Gasteiger partial charge < -0.3 is 10.1 Å². The van der Waals surface area contributed by atoms with E-state index < -0.39 is 51.4 Å². The molecule has 0 atom stereocenters. The predicted octanol–water partition coefficient (Wildman–Crippen LogP) is 4.37. The van der Waals surface area contributed by atoms with Crippen LogP contribution in [-0.2, 0) is 10.9 Å². The molecule has 33 heavy (non-hydrogen) atoms. The zero-order valence-electron chi connectivity index (χ0n) is 16.7. The number of amides is 1. The van der Waals surface area contributed by atoms with Crippen molar-refractivity contribution in [2.24, 2.45) is 0 Å². The van der Waals surface area contributed by atoms with Crippen LogP contribution in [0.2, 0.25) is 0 Å². The van der Waals surface area contributed by atoms with Crippen LogP contribution in [0, 0.1) is 15.9 Å². The molecule has 1 amide bonds. The quantitative estimate of drug-likeness (QED) is 0.250. The van der Waals surface area contributed by atoms with Crippen LogP contribution in [0.3, 0.4) is 0 Å². The molecule has 0 fully saturated rings. The third kappa shape index (κ3) is 4.97. The number of alkyl halides is 3. The standard InChI is InChI=1S/C20H14F4N4O5/c1-2-33-19(30)14-10-25-27(17(14)20(22,23)24)12-5-3-11(4-6-12)18(29)26-16-9-13(28(31)32)7-8-15(16)21/h3-10H,2H2,1H3,(H,26,29). The lowest BCUT2D eigenvalue weighted by molar-refractivity contribution is -0.384. The summed E-state index contributed by atoms with van der Waals surface area (Å²) in [7, 11) is 0. The molecular formula is C20H14F4N4O5. The number of carbonyl (C=O) groups excluding carboxylic acids is 2. The molecule has 3 rings (SSSR count). The number of nitrogens with zero attached hydrogens (tertiary/aromatic N) is 3. The largest absolute Gasteiger partial charge is 0.462 e. The van der Waals surface area contributed by atoms with Crippen LogP contribution in [0.1, 0.15) is 33.3 Å². The van der Waals surface area contributed by atoms with Crippen molar-refractivity contribution in [2.75, 3.05) is 11.9 Å². The molecule has 0 aliphatic carbocycles. The molecule has 0 aliphatic heterocycles. The second-order valence-corrected chi connectivity index (χ2v) is 6.46. The number of hydrogen-bond acceptors (Lipinski definition) is 6. The Kier molecular flexibility index (Phi) is 6.42. The van der Waals surface area contributed by atoms with Crippen LogP contribution in [0.15, 0.2) is 48.7 Å². The second-order valence-electron chi connectivity index (χ2n) is 6.46. The second kappa shape index (κ2) is 9.06. The Morgan fingerprint density at radius 2 is 1.85 bits per heavy atom. The van der Waals surface area contributed by atoms with E-state index >= 15 is 0 Å². The molecule has 0 saturated carbocycles. The fraction of sp³-hybridized carbons (Fsp3) is 0.150. The van der Waals surface area contributed by atoms with Gasteiger partial charge in [-0.1, -0.05) is 0 Å². The molecule has 1 N–H and O–H groups in total. The summed E-state index contributed by atoms with van der Waals surface area (Å²) in [6.07, 6.45) is -4.21. The van der Waals surface area contributed by atoms with Gasteiger partial charge in [-0.25, -0.2) is 13.9 Å². The molecule has 1 heterocycles. The summed E-state index contributed by atoms with van der Waals surface area (Å²) in [6.45, 7) is 1.31. The number of nitrogens with one attached hydrogen (secondary N) is 1.